The summed E-state index contributed by atoms with van der Waals surface area (Å²) in [5.41, 5.74) is 4.93. The molecule has 0 amide bonds. The smallest absolute Gasteiger partial charge is 0.144 e. The molecule has 0 N–H and O–H groups in total. The van der Waals surface area contributed by atoms with Crippen molar-refractivity contribution in [2.45, 2.75) is 65.7 Å². The first-order chi connectivity index (χ1) is 14.6. The van der Waals surface area contributed by atoms with Gasteiger partial charge in [-0.3, -0.25) is 4.90 Å². The molecule has 1 heterocycles. The number of methoxy groups -OCH3 is 1. The van der Waals surface area contributed by atoms with Crippen LogP contribution in [0.3, 0.4) is 0 Å². The van der Waals surface area contributed by atoms with Crippen LogP contribution >= 0.6 is 12.4 Å². The fourth-order valence-corrected chi connectivity index (χ4v) is 6.59. The maximum atomic E-state index is 5.87. The first kappa shape index (κ1) is 25.5. The zero-order valence-corrected chi connectivity index (χ0v) is 22.4. The fourth-order valence-electron chi connectivity index (χ4n) is 6.59. The molecule has 0 aromatic heterocycles. The lowest BCUT2D eigenvalue weighted by atomic mass is 9.60. The van der Waals surface area contributed by atoms with Crippen molar-refractivity contribution in [1.82, 2.24) is 4.90 Å². The number of ether oxygens (including phenoxy) is 1. The molecule has 1 saturated heterocycles. The Bertz CT molecular complexity index is 763. The number of halogens is 1. The van der Waals surface area contributed by atoms with E-state index >= 15 is 0 Å². The molecular weight excluding hydrogens is 418 g/mol. The average molecular weight is 464 g/mol. The highest BCUT2D eigenvalue weighted by molar-refractivity contribution is 5.85. The van der Waals surface area contributed by atoms with E-state index in [9.17, 15) is 0 Å². The van der Waals surface area contributed by atoms with Crippen molar-refractivity contribution < 1.29 is 4.74 Å². The van der Waals surface area contributed by atoms with E-state index in [0.717, 1.165) is 24.8 Å². The Labute approximate surface area is 203 Å². The minimum atomic E-state index is 0. The number of rotatable bonds is 6. The number of nitrogens with zero attached hydrogens (tertiary/aromatic N) is 3. The van der Waals surface area contributed by atoms with Gasteiger partial charge in [0.05, 0.1) is 12.8 Å². The van der Waals surface area contributed by atoms with E-state index in [1.807, 2.05) is 7.11 Å². The number of hydrogen-bond acceptors (Lipinski definition) is 4. The molecule has 3 fully saturated rings. The molecule has 3 aliphatic rings. The van der Waals surface area contributed by atoms with E-state index < -0.39 is 0 Å². The summed E-state index contributed by atoms with van der Waals surface area (Å²) < 4.78 is 5.87. The van der Waals surface area contributed by atoms with Gasteiger partial charge in [0.1, 0.15) is 5.75 Å². The summed E-state index contributed by atoms with van der Waals surface area (Å²) in [6.07, 6.45) is 6.73. The minimum Gasteiger partial charge on any atom is -0.495 e. The van der Waals surface area contributed by atoms with Crippen molar-refractivity contribution >= 4 is 23.8 Å². The second kappa shape index (κ2) is 9.62. The lowest BCUT2D eigenvalue weighted by Crippen LogP contribution is -2.47. The summed E-state index contributed by atoms with van der Waals surface area (Å²) in [5, 5.41) is 0. The number of benzene rings is 1. The quantitative estimate of drug-likeness (QED) is 0.512. The average Bonchev–Trinajstić information content (AvgIpc) is 3.49. The Kier molecular flexibility index (Phi) is 7.66. The van der Waals surface area contributed by atoms with Crippen molar-refractivity contribution in [2.75, 3.05) is 63.7 Å². The third kappa shape index (κ3) is 5.86. The topological polar surface area (TPSA) is 19.0 Å². The molecule has 0 bridgehead atoms. The molecule has 1 aromatic rings. The van der Waals surface area contributed by atoms with Crippen molar-refractivity contribution in [1.29, 1.82) is 0 Å². The van der Waals surface area contributed by atoms with E-state index in [4.69, 9.17) is 4.74 Å². The number of anilines is 2. The normalized spacial score (nSPS) is 23.5. The Hall–Kier alpha value is -1.13. The molecule has 0 radical (unpaired) electrons. The first-order valence-corrected chi connectivity index (χ1v) is 12.4. The lowest BCUT2D eigenvalue weighted by Gasteiger charge is -2.46. The highest BCUT2D eigenvalue weighted by Gasteiger charge is 2.40. The van der Waals surface area contributed by atoms with Gasteiger partial charge in [0.25, 0.3) is 0 Å². The highest BCUT2D eigenvalue weighted by atomic mass is 35.5. The molecule has 5 heteroatoms. The molecule has 1 aromatic carbocycles. The summed E-state index contributed by atoms with van der Waals surface area (Å²) in [6.45, 7) is 15.8. The van der Waals surface area contributed by atoms with Gasteiger partial charge in [0.15, 0.2) is 0 Å². The fraction of sp³-hybridized carbons (Fsp3) is 0.778. The van der Waals surface area contributed by atoms with Crippen LogP contribution in [0, 0.1) is 16.7 Å². The van der Waals surface area contributed by atoms with Crippen LogP contribution in [0.25, 0.3) is 0 Å². The summed E-state index contributed by atoms with van der Waals surface area (Å²) >= 11 is 0. The molecule has 4 nitrogen and oxygen atoms in total. The third-order valence-electron chi connectivity index (χ3n) is 7.73. The molecule has 32 heavy (non-hydrogen) atoms. The first-order valence-electron chi connectivity index (χ1n) is 12.4. The van der Waals surface area contributed by atoms with Gasteiger partial charge < -0.3 is 14.5 Å². The van der Waals surface area contributed by atoms with Gasteiger partial charge in [0, 0.05) is 58.6 Å². The van der Waals surface area contributed by atoms with E-state index in [-0.39, 0.29) is 12.4 Å². The Balaban J connectivity index is 0.00000289. The molecule has 1 aliphatic heterocycles. The SMILES string of the molecule is COc1cc(N2CCN(CC3CC3)CC2)c(C2CC(C)(C)CC(C)(C)C2)cc1N(C)C.Cl. The van der Waals surface area contributed by atoms with Gasteiger partial charge in [-0.25, -0.2) is 0 Å². The molecular formula is C27H46ClN3O. The maximum Gasteiger partial charge on any atom is 0.144 e. The zero-order chi connectivity index (χ0) is 22.4. The third-order valence-corrected chi connectivity index (χ3v) is 7.73. The van der Waals surface area contributed by atoms with Crippen molar-refractivity contribution in [3.63, 3.8) is 0 Å². The Morgan fingerprint density at radius 3 is 2.06 bits per heavy atom. The highest BCUT2D eigenvalue weighted by Crippen LogP contribution is 2.54. The molecule has 0 unspecified atom stereocenters. The molecule has 4 rings (SSSR count). The van der Waals surface area contributed by atoms with Gasteiger partial charge >= 0.3 is 0 Å². The summed E-state index contributed by atoms with van der Waals surface area (Å²) in [5.74, 6) is 2.58. The van der Waals surface area contributed by atoms with E-state index in [1.165, 1.54) is 63.1 Å². The van der Waals surface area contributed by atoms with Crippen LogP contribution < -0.4 is 14.5 Å². The van der Waals surface area contributed by atoms with Crippen LogP contribution in [0.15, 0.2) is 12.1 Å². The van der Waals surface area contributed by atoms with Crippen molar-refractivity contribution in [3.05, 3.63) is 17.7 Å². The number of hydrogen-bond donors (Lipinski definition) is 0. The predicted molar refractivity (Wildman–Crippen MR) is 140 cm³/mol. The van der Waals surface area contributed by atoms with Gasteiger partial charge in [-0.1, -0.05) is 27.7 Å². The van der Waals surface area contributed by atoms with Crippen LogP contribution in [-0.2, 0) is 0 Å². The molecule has 0 spiro atoms. The van der Waals surface area contributed by atoms with Crippen LogP contribution in [0.1, 0.15) is 71.3 Å². The van der Waals surface area contributed by atoms with Gasteiger partial charge in [-0.15, -0.1) is 12.4 Å². The van der Waals surface area contributed by atoms with Gasteiger partial charge in [0.2, 0.25) is 0 Å². The Morgan fingerprint density at radius 1 is 0.969 bits per heavy atom. The standard InChI is InChI=1S/C27H45N3O.ClH/c1-26(2)16-21(17-27(3,4)19-26)22-14-24(28(5)6)25(31-7)15-23(22)30-12-10-29(11-13-30)18-20-8-9-20;/h14-15,20-21H,8-13,16-19H2,1-7H3;1H. The lowest BCUT2D eigenvalue weighted by molar-refractivity contribution is 0.0970. The van der Waals surface area contributed by atoms with Crippen LogP contribution in [0.5, 0.6) is 5.75 Å². The van der Waals surface area contributed by atoms with Crippen molar-refractivity contribution in [2.24, 2.45) is 16.7 Å². The Morgan fingerprint density at radius 2 is 1.56 bits per heavy atom. The van der Waals surface area contributed by atoms with Gasteiger partial charge in [-0.2, -0.15) is 0 Å². The molecule has 2 saturated carbocycles. The number of piperazine rings is 1. The monoisotopic (exact) mass is 463 g/mol. The summed E-state index contributed by atoms with van der Waals surface area (Å²) in [7, 11) is 6.07. The second-order valence-electron chi connectivity index (χ2n) is 12.3. The predicted octanol–water partition coefficient (Wildman–Crippen LogP) is 6.03. The minimum absolute atomic E-state index is 0. The maximum absolute atomic E-state index is 5.87. The van der Waals surface area contributed by atoms with E-state index in [0.29, 0.717) is 16.7 Å². The van der Waals surface area contributed by atoms with Crippen molar-refractivity contribution in [3.8, 4) is 5.75 Å². The molecule has 2 aliphatic carbocycles. The van der Waals surface area contributed by atoms with E-state index in [1.54, 1.807) is 5.56 Å². The largest absolute Gasteiger partial charge is 0.495 e. The molecule has 182 valence electrons. The van der Waals surface area contributed by atoms with Crippen LogP contribution in [0.4, 0.5) is 11.4 Å². The summed E-state index contributed by atoms with van der Waals surface area (Å²) in [6, 6.07) is 4.79. The second-order valence-corrected chi connectivity index (χ2v) is 12.3. The summed E-state index contributed by atoms with van der Waals surface area (Å²) in [4.78, 5) is 7.54. The van der Waals surface area contributed by atoms with Crippen LogP contribution in [0.2, 0.25) is 0 Å². The van der Waals surface area contributed by atoms with Gasteiger partial charge in [-0.05, 0) is 66.4 Å². The van der Waals surface area contributed by atoms with Crippen LogP contribution in [-0.4, -0.2) is 58.8 Å². The zero-order valence-electron chi connectivity index (χ0n) is 21.5. The van der Waals surface area contributed by atoms with E-state index in [2.05, 4.69) is 68.6 Å². The molecule has 0 atom stereocenters.